The fourth-order valence-corrected chi connectivity index (χ4v) is 0.692. The molecule has 0 aromatic carbocycles. The van der Waals surface area contributed by atoms with E-state index in [9.17, 15) is 4.79 Å². The number of nitrogens with zero attached hydrogens (tertiary/aromatic N) is 2. The first-order valence-electron chi connectivity index (χ1n) is 2.96. The van der Waals surface area contributed by atoms with Crippen LogP contribution in [0.15, 0.2) is 9.98 Å². The van der Waals surface area contributed by atoms with Crippen LogP contribution in [0, 0.1) is 0 Å². The van der Waals surface area contributed by atoms with Crippen molar-refractivity contribution < 1.29 is 4.79 Å². The van der Waals surface area contributed by atoms with Crippen LogP contribution < -0.4 is 5.73 Å². The molecule has 4 nitrogen and oxygen atoms in total. The molecule has 1 aliphatic rings. The monoisotopic (exact) mass is 139 g/mol. The summed E-state index contributed by atoms with van der Waals surface area (Å²) in [5, 5.41) is 0. The van der Waals surface area contributed by atoms with Crippen molar-refractivity contribution >= 4 is 18.0 Å². The van der Waals surface area contributed by atoms with Crippen molar-refractivity contribution in [2.75, 3.05) is 0 Å². The minimum atomic E-state index is -0.889. The Kier molecular flexibility index (Phi) is 1.31. The molecule has 0 saturated carbocycles. The third kappa shape index (κ3) is 0.725. The third-order valence-corrected chi connectivity index (χ3v) is 1.75. The Morgan fingerprint density at radius 3 is 2.60 bits per heavy atom. The molecule has 0 aromatic heterocycles. The van der Waals surface area contributed by atoms with E-state index in [4.69, 9.17) is 5.73 Å². The van der Waals surface area contributed by atoms with Gasteiger partial charge in [0.25, 0.3) is 5.91 Å². The van der Waals surface area contributed by atoms with Crippen LogP contribution in [0.4, 0.5) is 0 Å². The summed E-state index contributed by atoms with van der Waals surface area (Å²) in [5.74, 6) is -0.456. The summed E-state index contributed by atoms with van der Waals surface area (Å²) >= 11 is 0. The number of hydrogen-bond donors (Lipinski definition) is 1. The maximum atomic E-state index is 10.8. The molecular weight excluding hydrogens is 130 g/mol. The highest BCUT2D eigenvalue weighted by Gasteiger charge is 2.35. The van der Waals surface area contributed by atoms with Crippen molar-refractivity contribution in [2.45, 2.75) is 19.4 Å². The van der Waals surface area contributed by atoms with E-state index in [2.05, 4.69) is 9.98 Å². The molecular formula is C6H9N3O. The Morgan fingerprint density at radius 2 is 2.40 bits per heavy atom. The van der Waals surface area contributed by atoms with E-state index in [1.807, 2.05) is 0 Å². The SMILES string of the molecule is CC1=NC=NC1(C)C(N)=O. The van der Waals surface area contributed by atoms with Gasteiger partial charge in [0.2, 0.25) is 0 Å². The van der Waals surface area contributed by atoms with Crippen molar-refractivity contribution in [3.63, 3.8) is 0 Å². The normalized spacial score (nSPS) is 30.4. The first-order valence-corrected chi connectivity index (χ1v) is 2.96. The van der Waals surface area contributed by atoms with Crippen LogP contribution in [-0.4, -0.2) is 23.5 Å². The van der Waals surface area contributed by atoms with Crippen molar-refractivity contribution in [3.05, 3.63) is 0 Å². The molecule has 10 heavy (non-hydrogen) atoms. The number of hydrogen-bond acceptors (Lipinski definition) is 3. The zero-order chi connectivity index (χ0) is 7.78. The smallest absolute Gasteiger partial charge is 0.250 e. The van der Waals surface area contributed by atoms with Gasteiger partial charge in [-0.2, -0.15) is 0 Å². The number of rotatable bonds is 1. The predicted molar refractivity (Wildman–Crippen MR) is 39.2 cm³/mol. The molecule has 4 heteroatoms. The van der Waals surface area contributed by atoms with Gasteiger partial charge >= 0.3 is 0 Å². The number of amides is 1. The largest absolute Gasteiger partial charge is 0.367 e. The van der Waals surface area contributed by atoms with E-state index >= 15 is 0 Å². The summed E-state index contributed by atoms with van der Waals surface area (Å²) in [5.41, 5.74) is 4.85. The molecule has 0 saturated heterocycles. The lowest BCUT2D eigenvalue weighted by Crippen LogP contribution is -2.43. The van der Waals surface area contributed by atoms with E-state index in [1.54, 1.807) is 13.8 Å². The highest BCUT2D eigenvalue weighted by molar-refractivity contribution is 6.16. The van der Waals surface area contributed by atoms with Crippen LogP contribution >= 0.6 is 0 Å². The fraction of sp³-hybridized carbons (Fsp3) is 0.500. The van der Waals surface area contributed by atoms with Crippen LogP contribution in [0.2, 0.25) is 0 Å². The molecule has 1 unspecified atom stereocenters. The molecule has 1 heterocycles. The van der Waals surface area contributed by atoms with Crippen molar-refractivity contribution in [1.82, 2.24) is 0 Å². The quantitative estimate of drug-likeness (QED) is 0.534. The summed E-state index contributed by atoms with van der Waals surface area (Å²) in [4.78, 5) is 18.4. The summed E-state index contributed by atoms with van der Waals surface area (Å²) in [6.45, 7) is 3.38. The van der Waals surface area contributed by atoms with Gasteiger partial charge in [0.1, 0.15) is 6.34 Å². The maximum Gasteiger partial charge on any atom is 0.250 e. The second kappa shape index (κ2) is 1.90. The zero-order valence-electron chi connectivity index (χ0n) is 5.96. The Hall–Kier alpha value is -1.19. The van der Waals surface area contributed by atoms with Crippen molar-refractivity contribution in [3.8, 4) is 0 Å². The van der Waals surface area contributed by atoms with E-state index in [1.165, 1.54) is 6.34 Å². The van der Waals surface area contributed by atoms with E-state index in [0.29, 0.717) is 5.71 Å². The van der Waals surface area contributed by atoms with Gasteiger partial charge in [0, 0.05) is 0 Å². The van der Waals surface area contributed by atoms with Gasteiger partial charge < -0.3 is 5.73 Å². The number of carbonyl (C=O) groups excluding carboxylic acids is 1. The Balaban J connectivity index is 3.00. The molecule has 0 radical (unpaired) electrons. The molecule has 54 valence electrons. The van der Waals surface area contributed by atoms with Crippen LogP contribution in [0.3, 0.4) is 0 Å². The van der Waals surface area contributed by atoms with Gasteiger partial charge in [-0.15, -0.1) is 0 Å². The first-order chi connectivity index (χ1) is 4.57. The molecule has 1 amide bonds. The molecule has 1 aliphatic heterocycles. The molecule has 0 bridgehead atoms. The highest BCUT2D eigenvalue weighted by atomic mass is 16.1. The molecule has 1 rings (SSSR count). The predicted octanol–water partition coefficient (Wildman–Crippen LogP) is -0.267. The van der Waals surface area contributed by atoms with Gasteiger partial charge in [0.05, 0.1) is 5.71 Å². The van der Waals surface area contributed by atoms with Crippen molar-refractivity contribution in [1.29, 1.82) is 0 Å². The van der Waals surface area contributed by atoms with Gasteiger partial charge in [-0.25, -0.2) is 4.99 Å². The second-order valence-corrected chi connectivity index (χ2v) is 2.40. The Bertz CT molecular complexity index is 231. The minimum absolute atomic E-state index is 0.456. The number of nitrogens with two attached hydrogens (primary N) is 1. The van der Waals surface area contributed by atoms with Gasteiger partial charge in [-0.3, -0.25) is 9.79 Å². The Labute approximate surface area is 58.9 Å². The average molecular weight is 139 g/mol. The van der Waals surface area contributed by atoms with E-state index < -0.39 is 11.4 Å². The topological polar surface area (TPSA) is 67.8 Å². The summed E-state index contributed by atoms with van der Waals surface area (Å²) < 4.78 is 0. The van der Waals surface area contributed by atoms with Crippen LogP contribution in [0.25, 0.3) is 0 Å². The lowest BCUT2D eigenvalue weighted by molar-refractivity contribution is -0.120. The van der Waals surface area contributed by atoms with E-state index in [0.717, 1.165) is 0 Å². The van der Waals surface area contributed by atoms with Crippen LogP contribution in [0.5, 0.6) is 0 Å². The summed E-state index contributed by atoms with van der Waals surface area (Å²) in [6, 6.07) is 0. The second-order valence-electron chi connectivity index (χ2n) is 2.40. The van der Waals surface area contributed by atoms with E-state index in [-0.39, 0.29) is 0 Å². The summed E-state index contributed by atoms with van der Waals surface area (Å²) in [6.07, 6.45) is 1.36. The minimum Gasteiger partial charge on any atom is -0.367 e. The zero-order valence-corrected chi connectivity index (χ0v) is 5.96. The lowest BCUT2D eigenvalue weighted by atomic mass is 9.98. The highest BCUT2D eigenvalue weighted by Crippen LogP contribution is 2.15. The molecule has 0 spiro atoms. The fourth-order valence-electron chi connectivity index (χ4n) is 0.692. The van der Waals surface area contributed by atoms with Gasteiger partial charge in [0.15, 0.2) is 5.54 Å². The Morgan fingerprint density at radius 1 is 1.80 bits per heavy atom. The number of primary amides is 1. The molecule has 0 aliphatic carbocycles. The average Bonchev–Trinajstić information content (AvgIpc) is 2.15. The maximum absolute atomic E-state index is 10.8. The van der Waals surface area contributed by atoms with Gasteiger partial charge in [-0.05, 0) is 13.8 Å². The molecule has 2 N–H and O–H groups in total. The molecule has 1 atom stereocenters. The molecule has 0 aromatic rings. The summed E-state index contributed by atoms with van der Waals surface area (Å²) in [7, 11) is 0. The standard InChI is InChI=1S/C6H9N3O/c1-4-6(2,5(7)10)9-3-8-4/h3H,1-2H3,(H2,7,10). The van der Waals surface area contributed by atoms with Crippen LogP contribution in [0.1, 0.15) is 13.8 Å². The molecule has 0 fully saturated rings. The lowest BCUT2D eigenvalue weighted by Gasteiger charge is -2.15. The van der Waals surface area contributed by atoms with Gasteiger partial charge in [-0.1, -0.05) is 0 Å². The van der Waals surface area contributed by atoms with Crippen LogP contribution in [-0.2, 0) is 4.79 Å². The van der Waals surface area contributed by atoms with Crippen molar-refractivity contribution in [2.24, 2.45) is 15.7 Å². The number of aliphatic imine (C=N–C) groups is 2. The number of carbonyl (C=O) groups is 1. The third-order valence-electron chi connectivity index (χ3n) is 1.75. The first kappa shape index (κ1) is 6.92.